The van der Waals surface area contributed by atoms with Crippen LogP contribution in [-0.4, -0.2) is 15.0 Å². The van der Waals surface area contributed by atoms with Crippen LogP contribution in [0.4, 0.5) is 5.69 Å². The molecule has 0 bridgehead atoms. The molecular formula is C45H34N4P2. The highest BCUT2D eigenvalue weighted by Gasteiger charge is 2.32. The Bertz CT molecular complexity index is 2070. The van der Waals surface area contributed by atoms with Crippen LogP contribution in [0.15, 0.2) is 207 Å². The van der Waals surface area contributed by atoms with Crippen molar-refractivity contribution in [3.8, 4) is 33.9 Å². The molecule has 0 aliphatic carbocycles. The minimum absolute atomic E-state index is 0.813. The fourth-order valence-electron chi connectivity index (χ4n) is 6.11. The molecular weight excluding hydrogens is 658 g/mol. The third-order valence-corrected chi connectivity index (χ3v) is 13.9. The van der Waals surface area contributed by atoms with E-state index < -0.39 is 16.1 Å². The van der Waals surface area contributed by atoms with Gasteiger partial charge in [-0.05, 0) is 59.7 Å². The van der Waals surface area contributed by atoms with Crippen molar-refractivity contribution in [1.82, 2.24) is 15.0 Å². The molecule has 0 aliphatic heterocycles. The van der Waals surface area contributed by atoms with Crippen LogP contribution >= 0.6 is 16.1 Å². The number of hydrogen-bond acceptors (Lipinski definition) is 4. The van der Waals surface area contributed by atoms with Gasteiger partial charge in [-0.15, -0.1) is 0 Å². The molecule has 4 nitrogen and oxygen atoms in total. The SMILES string of the molecule is c1ccc(P(c2ccccc2)N(c2ccc(-c3cc(-c4ccccn4)nc(-c4ccccn4)c3)cc2)P(c2ccccc2)c2ccccc2)cc1. The molecule has 0 N–H and O–H groups in total. The first-order valence-electron chi connectivity index (χ1n) is 16.9. The lowest BCUT2D eigenvalue weighted by molar-refractivity contribution is 1.22. The van der Waals surface area contributed by atoms with Gasteiger partial charge in [-0.25, -0.2) is 4.98 Å². The van der Waals surface area contributed by atoms with Gasteiger partial charge in [-0.3, -0.25) is 9.97 Å². The molecule has 0 fully saturated rings. The predicted molar refractivity (Wildman–Crippen MR) is 217 cm³/mol. The Labute approximate surface area is 301 Å². The minimum atomic E-state index is -0.976. The van der Waals surface area contributed by atoms with Crippen LogP contribution in [0.25, 0.3) is 33.9 Å². The summed E-state index contributed by atoms with van der Waals surface area (Å²) in [6, 6.07) is 69.1. The third-order valence-electron chi connectivity index (χ3n) is 8.49. The number of rotatable bonds is 10. The predicted octanol–water partition coefficient (Wildman–Crippen LogP) is 9.77. The van der Waals surface area contributed by atoms with Crippen molar-refractivity contribution in [2.24, 2.45) is 0 Å². The smallest absolute Gasteiger partial charge is 0.0900 e. The van der Waals surface area contributed by atoms with Crippen molar-refractivity contribution in [3.05, 3.63) is 207 Å². The molecule has 0 amide bonds. The molecule has 0 saturated heterocycles. The number of nitrogens with zero attached hydrogens (tertiary/aromatic N) is 4. The summed E-state index contributed by atoms with van der Waals surface area (Å²) >= 11 is 0. The molecule has 0 radical (unpaired) electrons. The number of anilines is 1. The summed E-state index contributed by atoms with van der Waals surface area (Å²) in [5.74, 6) is 0. The van der Waals surface area contributed by atoms with Gasteiger partial charge in [0, 0.05) is 39.3 Å². The van der Waals surface area contributed by atoms with E-state index in [9.17, 15) is 0 Å². The van der Waals surface area contributed by atoms with Crippen LogP contribution in [-0.2, 0) is 0 Å². The Balaban J connectivity index is 1.30. The highest BCUT2D eigenvalue weighted by atomic mass is 31.2. The van der Waals surface area contributed by atoms with Gasteiger partial charge in [0.05, 0.1) is 38.9 Å². The molecule has 0 unspecified atom stereocenters. The Hall–Kier alpha value is -5.79. The number of benzene rings is 5. The molecule has 244 valence electrons. The average molecular weight is 693 g/mol. The Morgan fingerprint density at radius 1 is 0.333 bits per heavy atom. The zero-order valence-electron chi connectivity index (χ0n) is 27.8. The lowest BCUT2D eigenvalue weighted by Crippen LogP contribution is -2.31. The maximum Gasteiger partial charge on any atom is 0.0900 e. The van der Waals surface area contributed by atoms with Gasteiger partial charge in [0.15, 0.2) is 0 Å². The quantitative estimate of drug-likeness (QED) is 0.134. The maximum atomic E-state index is 5.00. The standard InChI is InChI=1S/C45H34N4P2/c1-5-17-38(18-6-1)50(39-19-7-2-8-20-39)49(51(40-21-9-3-10-22-40)41-23-11-4-12-24-41)37-29-27-35(28-30-37)36-33-44(42-25-13-15-31-46-42)48-45(34-36)43-26-14-16-32-47-43/h1-34H. The monoisotopic (exact) mass is 692 g/mol. The van der Waals surface area contributed by atoms with Crippen molar-refractivity contribution in [2.45, 2.75) is 0 Å². The second-order valence-electron chi connectivity index (χ2n) is 11.9. The van der Waals surface area contributed by atoms with Gasteiger partial charge in [0.1, 0.15) is 0 Å². The molecule has 8 rings (SSSR count). The lowest BCUT2D eigenvalue weighted by atomic mass is 10.0. The summed E-state index contributed by atoms with van der Waals surface area (Å²) in [5, 5.41) is 5.21. The van der Waals surface area contributed by atoms with Crippen molar-refractivity contribution < 1.29 is 0 Å². The summed E-state index contributed by atoms with van der Waals surface area (Å²) in [7, 11) is -1.95. The van der Waals surface area contributed by atoms with E-state index in [1.165, 1.54) is 26.9 Å². The van der Waals surface area contributed by atoms with E-state index in [0.29, 0.717) is 0 Å². The molecule has 0 saturated carbocycles. The minimum Gasteiger partial charge on any atom is -0.313 e. The molecule has 0 atom stereocenters. The van der Waals surface area contributed by atoms with Crippen LogP contribution in [0.5, 0.6) is 0 Å². The Kier molecular flexibility index (Phi) is 9.79. The first-order chi connectivity index (χ1) is 25.3. The maximum absolute atomic E-state index is 5.00. The van der Waals surface area contributed by atoms with Crippen LogP contribution < -0.4 is 25.7 Å². The van der Waals surface area contributed by atoms with Gasteiger partial charge in [0.2, 0.25) is 0 Å². The van der Waals surface area contributed by atoms with Crippen molar-refractivity contribution in [3.63, 3.8) is 0 Å². The van der Waals surface area contributed by atoms with E-state index in [0.717, 1.165) is 33.9 Å². The topological polar surface area (TPSA) is 41.9 Å². The molecule has 3 aromatic heterocycles. The molecule has 0 spiro atoms. The summed E-state index contributed by atoms with van der Waals surface area (Å²) in [6.07, 6.45) is 3.62. The number of aromatic nitrogens is 3. The molecule has 51 heavy (non-hydrogen) atoms. The van der Waals surface area contributed by atoms with E-state index in [1.807, 2.05) is 48.8 Å². The van der Waals surface area contributed by atoms with Crippen LogP contribution in [0, 0.1) is 0 Å². The average Bonchev–Trinajstić information content (AvgIpc) is 3.23. The van der Waals surface area contributed by atoms with Gasteiger partial charge in [0.25, 0.3) is 0 Å². The van der Waals surface area contributed by atoms with E-state index in [2.05, 4.69) is 172 Å². The molecule has 8 aromatic rings. The van der Waals surface area contributed by atoms with Crippen molar-refractivity contribution >= 4 is 43.1 Å². The molecule has 6 heteroatoms. The van der Waals surface area contributed by atoms with E-state index in [4.69, 9.17) is 4.98 Å². The zero-order valence-corrected chi connectivity index (χ0v) is 29.6. The van der Waals surface area contributed by atoms with Crippen LogP contribution in [0.2, 0.25) is 0 Å². The van der Waals surface area contributed by atoms with Crippen LogP contribution in [0.3, 0.4) is 0 Å². The van der Waals surface area contributed by atoms with E-state index in [1.54, 1.807) is 0 Å². The first kappa shape index (κ1) is 32.4. The van der Waals surface area contributed by atoms with E-state index >= 15 is 0 Å². The van der Waals surface area contributed by atoms with Crippen LogP contribution in [0.1, 0.15) is 0 Å². The number of pyridine rings is 3. The van der Waals surface area contributed by atoms with Crippen molar-refractivity contribution in [2.75, 3.05) is 4.44 Å². The van der Waals surface area contributed by atoms with E-state index in [-0.39, 0.29) is 0 Å². The summed E-state index contributed by atoms with van der Waals surface area (Å²) in [4.78, 5) is 14.2. The highest BCUT2D eigenvalue weighted by Crippen LogP contribution is 2.57. The summed E-state index contributed by atoms with van der Waals surface area (Å²) in [5.41, 5.74) is 6.61. The van der Waals surface area contributed by atoms with Gasteiger partial charge < -0.3 is 4.44 Å². The Morgan fingerprint density at radius 3 is 1.06 bits per heavy atom. The third kappa shape index (κ3) is 7.25. The number of hydrogen-bond donors (Lipinski definition) is 0. The summed E-state index contributed by atoms with van der Waals surface area (Å²) < 4.78 is 2.70. The first-order valence-corrected chi connectivity index (χ1v) is 19.5. The van der Waals surface area contributed by atoms with Gasteiger partial charge in [-0.1, -0.05) is 146 Å². The van der Waals surface area contributed by atoms with Gasteiger partial charge >= 0.3 is 0 Å². The molecule has 5 aromatic carbocycles. The normalized spacial score (nSPS) is 11.1. The fourth-order valence-corrected chi connectivity index (χ4v) is 12.1. The summed E-state index contributed by atoms with van der Waals surface area (Å²) in [6.45, 7) is 0. The second-order valence-corrected chi connectivity index (χ2v) is 16.3. The molecule has 3 heterocycles. The van der Waals surface area contributed by atoms with Gasteiger partial charge in [-0.2, -0.15) is 0 Å². The van der Waals surface area contributed by atoms with Crippen molar-refractivity contribution in [1.29, 1.82) is 0 Å². The highest BCUT2D eigenvalue weighted by molar-refractivity contribution is 7.90. The fraction of sp³-hybridized carbons (Fsp3) is 0. The molecule has 0 aliphatic rings. The lowest BCUT2D eigenvalue weighted by Gasteiger charge is -2.40. The second kappa shape index (κ2) is 15.4. The Morgan fingerprint density at radius 2 is 0.706 bits per heavy atom. The zero-order chi connectivity index (χ0) is 34.2. The largest absolute Gasteiger partial charge is 0.313 e.